The molecule has 3 N–H and O–H groups in total. The third kappa shape index (κ3) is 3.73. The van der Waals surface area contributed by atoms with Crippen LogP contribution >= 0.6 is 0 Å². The summed E-state index contributed by atoms with van der Waals surface area (Å²) in [6, 6.07) is 4.15. The lowest BCUT2D eigenvalue weighted by molar-refractivity contribution is -0.121. The van der Waals surface area contributed by atoms with Crippen LogP contribution in [0.25, 0.3) is 11.0 Å². The van der Waals surface area contributed by atoms with Gasteiger partial charge in [-0.1, -0.05) is 6.07 Å². The van der Waals surface area contributed by atoms with Crippen LogP contribution in [-0.4, -0.2) is 32.6 Å². The fraction of sp³-hybridized carbons (Fsp3) is 0.421. The van der Waals surface area contributed by atoms with Gasteiger partial charge < -0.3 is 10.3 Å². The normalized spacial score (nSPS) is 11.2. The second-order valence-electron chi connectivity index (χ2n) is 6.61. The van der Waals surface area contributed by atoms with Gasteiger partial charge in [-0.3, -0.25) is 9.89 Å². The van der Waals surface area contributed by atoms with Gasteiger partial charge in [0.15, 0.2) is 0 Å². The second-order valence-corrected chi connectivity index (χ2v) is 6.61. The predicted molar refractivity (Wildman–Crippen MR) is 98.7 cm³/mol. The minimum atomic E-state index is 0.0446. The molecule has 2 aromatic heterocycles. The molecule has 3 aromatic rings. The first kappa shape index (κ1) is 17.2. The van der Waals surface area contributed by atoms with E-state index in [1.54, 1.807) is 0 Å². The molecule has 0 saturated heterocycles. The minimum absolute atomic E-state index is 0.0446. The molecule has 0 radical (unpaired) electrons. The molecule has 2 heterocycles. The number of hydrogen-bond donors (Lipinski definition) is 3. The van der Waals surface area contributed by atoms with Gasteiger partial charge in [0, 0.05) is 31.5 Å². The van der Waals surface area contributed by atoms with Gasteiger partial charge in [0.25, 0.3) is 0 Å². The summed E-state index contributed by atoms with van der Waals surface area (Å²) >= 11 is 0. The van der Waals surface area contributed by atoms with Crippen molar-refractivity contribution >= 4 is 16.9 Å². The van der Waals surface area contributed by atoms with E-state index in [1.165, 1.54) is 11.1 Å². The van der Waals surface area contributed by atoms with Crippen LogP contribution in [0.15, 0.2) is 12.1 Å². The van der Waals surface area contributed by atoms with Gasteiger partial charge in [-0.05, 0) is 50.5 Å². The van der Waals surface area contributed by atoms with Crippen molar-refractivity contribution in [1.82, 2.24) is 25.5 Å². The number of rotatable bonds is 6. The molecule has 3 rings (SSSR count). The molecule has 0 aliphatic rings. The van der Waals surface area contributed by atoms with Gasteiger partial charge >= 0.3 is 0 Å². The summed E-state index contributed by atoms with van der Waals surface area (Å²) in [5.41, 5.74) is 7.68. The van der Waals surface area contributed by atoms with Crippen LogP contribution in [0.4, 0.5) is 0 Å². The smallest absolute Gasteiger partial charge is 0.220 e. The van der Waals surface area contributed by atoms with Crippen molar-refractivity contribution in [3.05, 3.63) is 46.0 Å². The van der Waals surface area contributed by atoms with Crippen molar-refractivity contribution in [2.45, 2.75) is 47.0 Å². The Balaban J connectivity index is 1.50. The minimum Gasteiger partial charge on any atom is -0.356 e. The number of aryl methyl sites for hydroxylation is 4. The highest BCUT2D eigenvalue weighted by Crippen LogP contribution is 2.19. The molecule has 25 heavy (non-hydrogen) atoms. The molecule has 0 fully saturated rings. The van der Waals surface area contributed by atoms with E-state index >= 15 is 0 Å². The molecule has 6 nitrogen and oxygen atoms in total. The van der Waals surface area contributed by atoms with Gasteiger partial charge in [-0.15, -0.1) is 0 Å². The van der Waals surface area contributed by atoms with Crippen LogP contribution in [0.2, 0.25) is 0 Å². The Hall–Kier alpha value is -2.63. The number of carbonyl (C=O) groups is 1. The van der Waals surface area contributed by atoms with Crippen molar-refractivity contribution in [1.29, 1.82) is 0 Å². The van der Waals surface area contributed by atoms with Crippen LogP contribution in [0.1, 0.15) is 40.3 Å². The molecule has 0 aliphatic heterocycles. The maximum atomic E-state index is 12.0. The second kappa shape index (κ2) is 7.09. The SMILES string of the molecule is Cc1ccc2[nH]c(CCNC(=O)CCc3n[nH]c(C)c3C)nc2c1C. The average molecular weight is 339 g/mol. The number of carbonyl (C=O) groups excluding carboxylic acids is 1. The number of amides is 1. The van der Waals surface area contributed by atoms with E-state index in [0.717, 1.165) is 33.8 Å². The molecular formula is C19H25N5O. The number of H-pyrrole nitrogens is 2. The topological polar surface area (TPSA) is 86.5 Å². The average Bonchev–Trinajstić information content (AvgIpc) is 3.14. The van der Waals surface area contributed by atoms with E-state index in [9.17, 15) is 4.79 Å². The first-order valence-corrected chi connectivity index (χ1v) is 8.67. The van der Waals surface area contributed by atoms with Crippen molar-refractivity contribution in [2.75, 3.05) is 6.54 Å². The van der Waals surface area contributed by atoms with Gasteiger partial charge in [-0.2, -0.15) is 5.10 Å². The Bertz CT molecular complexity index is 906. The molecule has 0 bridgehead atoms. The van der Waals surface area contributed by atoms with Crippen LogP contribution < -0.4 is 5.32 Å². The zero-order valence-electron chi connectivity index (χ0n) is 15.3. The lowest BCUT2D eigenvalue weighted by atomic mass is 10.1. The van der Waals surface area contributed by atoms with Gasteiger partial charge in [-0.25, -0.2) is 4.98 Å². The summed E-state index contributed by atoms with van der Waals surface area (Å²) in [6.45, 7) is 8.77. The molecule has 0 unspecified atom stereocenters. The number of fused-ring (bicyclic) bond motifs is 1. The fourth-order valence-electron chi connectivity index (χ4n) is 2.90. The summed E-state index contributed by atoms with van der Waals surface area (Å²) in [4.78, 5) is 20.0. The molecule has 0 atom stereocenters. The maximum Gasteiger partial charge on any atom is 0.220 e. The first-order chi connectivity index (χ1) is 12.0. The van der Waals surface area contributed by atoms with Crippen LogP contribution in [-0.2, 0) is 17.6 Å². The van der Waals surface area contributed by atoms with Crippen molar-refractivity contribution in [2.24, 2.45) is 0 Å². The fourth-order valence-corrected chi connectivity index (χ4v) is 2.90. The summed E-state index contributed by atoms with van der Waals surface area (Å²) in [5, 5.41) is 10.1. The zero-order chi connectivity index (χ0) is 18.0. The lowest BCUT2D eigenvalue weighted by Crippen LogP contribution is -2.26. The van der Waals surface area contributed by atoms with E-state index in [4.69, 9.17) is 0 Å². The standard InChI is InChI=1S/C19H25N5O/c1-11-5-6-16-19(12(11)2)22-17(21-16)9-10-20-18(25)8-7-15-13(3)14(4)23-24-15/h5-6H,7-10H2,1-4H3,(H,20,25)(H,21,22)(H,23,24). The molecule has 1 aromatic carbocycles. The predicted octanol–water partition coefficient (Wildman–Crippen LogP) is 2.81. The highest BCUT2D eigenvalue weighted by Gasteiger charge is 2.10. The third-order valence-corrected chi connectivity index (χ3v) is 4.85. The lowest BCUT2D eigenvalue weighted by Gasteiger charge is -2.03. The number of hydrogen-bond acceptors (Lipinski definition) is 3. The number of aromatic amines is 2. The van der Waals surface area contributed by atoms with Crippen LogP contribution in [0.5, 0.6) is 0 Å². The summed E-state index contributed by atoms with van der Waals surface area (Å²) in [5.74, 6) is 0.950. The van der Waals surface area contributed by atoms with Crippen molar-refractivity contribution in [3.8, 4) is 0 Å². The Morgan fingerprint density at radius 3 is 2.64 bits per heavy atom. The Morgan fingerprint density at radius 2 is 1.92 bits per heavy atom. The molecule has 0 spiro atoms. The summed E-state index contributed by atoms with van der Waals surface area (Å²) in [7, 11) is 0. The number of imidazole rings is 1. The zero-order valence-corrected chi connectivity index (χ0v) is 15.3. The Labute approximate surface area is 147 Å². The van der Waals surface area contributed by atoms with Crippen molar-refractivity contribution in [3.63, 3.8) is 0 Å². The Morgan fingerprint density at radius 1 is 1.12 bits per heavy atom. The van der Waals surface area contributed by atoms with E-state index < -0.39 is 0 Å². The number of nitrogens with zero attached hydrogens (tertiary/aromatic N) is 2. The number of aromatic nitrogens is 4. The van der Waals surface area contributed by atoms with Gasteiger partial charge in [0.1, 0.15) is 5.82 Å². The third-order valence-electron chi connectivity index (χ3n) is 4.85. The van der Waals surface area contributed by atoms with Gasteiger partial charge in [0.05, 0.1) is 16.7 Å². The summed E-state index contributed by atoms with van der Waals surface area (Å²) in [6.07, 6.45) is 1.80. The largest absolute Gasteiger partial charge is 0.356 e. The molecule has 132 valence electrons. The van der Waals surface area contributed by atoms with Crippen LogP contribution in [0, 0.1) is 27.7 Å². The number of nitrogens with one attached hydrogen (secondary N) is 3. The number of benzene rings is 1. The molecule has 0 saturated carbocycles. The molecule has 6 heteroatoms. The van der Waals surface area contributed by atoms with Gasteiger partial charge in [0.2, 0.25) is 5.91 Å². The van der Waals surface area contributed by atoms with E-state index in [-0.39, 0.29) is 5.91 Å². The molecular weight excluding hydrogens is 314 g/mol. The van der Waals surface area contributed by atoms with Crippen molar-refractivity contribution < 1.29 is 4.79 Å². The highest BCUT2D eigenvalue weighted by atomic mass is 16.1. The van der Waals surface area contributed by atoms with Crippen LogP contribution in [0.3, 0.4) is 0 Å². The maximum absolute atomic E-state index is 12.0. The quantitative estimate of drug-likeness (QED) is 0.645. The summed E-state index contributed by atoms with van der Waals surface area (Å²) < 4.78 is 0. The molecule has 1 amide bonds. The Kier molecular flexibility index (Phi) is 4.88. The monoisotopic (exact) mass is 339 g/mol. The van der Waals surface area contributed by atoms with E-state index in [1.807, 2.05) is 13.8 Å². The first-order valence-electron chi connectivity index (χ1n) is 8.67. The highest BCUT2D eigenvalue weighted by molar-refractivity contribution is 5.80. The van der Waals surface area contributed by atoms with E-state index in [2.05, 4.69) is 51.5 Å². The van der Waals surface area contributed by atoms with E-state index in [0.29, 0.717) is 25.8 Å². The molecule has 0 aliphatic carbocycles.